The minimum atomic E-state index is -0.272. The molecule has 1 aromatic carbocycles. The van der Waals surface area contributed by atoms with Gasteiger partial charge in [-0.1, -0.05) is 12.1 Å². The quantitative estimate of drug-likeness (QED) is 0.787. The number of aromatic nitrogens is 1. The minimum absolute atomic E-state index is 0.0448. The lowest BCUT2D eigenvalue weighted by Gasteiger charge is -2.32. The summed E-state index contributed by atoms with van der Waals surface area (Å²) in [5.74, 6) is -0.147. The molecular formula is C19H24N2O5. The molecule has 0 aliphatic carbocycles. The van der Waals surface area contributed by atoms with Crippen LogP contribution in [0.5, 0.6) is 0 Å². The van der Waals surface area contributed by atoms with Gasteiger partial charge in [-0.05, 0) is 25.5 Å². The van der Waals surface area contributed by atoms with Crippen LogP contribution in [-0.4, -0.2) is 54.2 Å². The second-order valence-corrected chi connectivity index (χ2v) is 6.42. The number of para-hydroxylation sites is 1. The van der Waals surface area contributed by atoms with Crippen LogP contribution in [0.4, 0.5) is 0 Å². The predicted molar refractivity (Wildman–Crippen MR) is 97.1 cm³/mol. The average molecular weight is 360 g/mol. The van der Waals surface area contributed by atoms with Crippen molar-refractivity contribution in [3.63, 3.8) is 0 Å². The van der Waals surface area contributed by atoms with Crippen LogP contribution >= 0.6 is 0 Å². The largest absolute Gasteiger partial charge is 0.394 e. The molecule has 0 saturated carbocycles. The van der Waals surface area contributed by atoms with Crippen LogP contribution in [0.15, 0.2) is 35.1 Å². The zero-order valence-electron chi connectivity index (χ0n) is 14.8. The second-order valence-electron chi connectivity index (χ2n) is 6.42. The third-order valence-electron chi connectivity index (χ3n) is 4.60. The number of carbonyl (C=O) groups is 1. The van der Waals surface area contributed by atoms with Gasteiger partial charge in [0.25, 0.3) is 0 Å². The van der Waals surface area contributed by atoms with Gasteiger partial charge < -0.3 is 24.5 Å². The van der Waals surface area contributed by atoms with Crippen molar-refractivity contribution in [3.8, 4) is 0 Å². The van der Waals surface area contributed by atoms with Gasteiger partial charge in [0.15, 0.2) is 5.43 Å². The Morgan fingerprint density at radius 1 is 1.42 bits per heavy atom. The van der Waals surface area contributed by atoms with E-state index in [1.54, 1.807) is 12.1 Å². The normalized spacial score (nSPS) is 20.2. The van der Waals surface area contributed by atoms with Crippen molar-refractivity contribution in [3.05, 3.63) is 46.2 Å². The van der Waals surface area contributed by atoms with Crippen molar-refractivity contribution in [1.29, 1.82) is 0 Å². The number of rotatable bonds is 6. The second kappa shape index (κ2) is 8.44. The van der Waals surface area contributed by atoms with Gasteiger partial charge in [-0.3, -0.25) is 9.59 Å². The van der Waals surface area contributed by atoms with Crippen molar-refractivity contribution in [2.75, 3.05) is 26.4 Å². The molecule has 0 unspecified atom stereocenters. The number of pyridine rings is 1. The molecule has 7 heteroatoms. The summed E-state index contributed by atoms with van der Waals surface area (Å²) in [4.78, 5) is 24.8. The van der Waals surface area contributed by atoms with Crippen molar-refractivity contribution in [2.24, 2.45) is 0 Å². The Balaban J connectivity index is 1.76. The van der Waals surface area contributed by atoms with Crippen molar-refractivity contribution in [2.45, 2.75) is 32.0 Å². The highest BCUT2D eigenvalue weighted by Gasteiger charge is 2.28. The van der Waals surface area contributed by atoms with Crippen LogP contribution in [0.1, 0.15) is 12.1 Å². The zero-order valence-corrected chi connectivity index (χ0v) is 14.8. The van der Waals surface area contributed by atoms with E-state index in [4.69, 9.17) is 14.6 Å². The molecule has 2 N–H and O–H groups in total. The van der Waals surface area contributed by atoms with Crippen LogP contribution in [0.25, 0.3) is 10.9 Å². The maximum Gasteiger partial charge on any atom is 0.240 e. The number of carbonyl (C=O) groups excluding carboxylic acids is 1. The Hall–Kier alpha value is -2.22. The van der Waals surface area contributed by atoms with Gasteiger partial charge in [-0.2, -0.15) is 0 Å². The van der Waals surface area contributed by atoms with Gasteiger partial charge in [0.1, 0.15) is 12.6 Å². The summed E-state index contributed by atoms with van der Waals surface area (Å²) in [6, 6.07) is 8.67. The Labute approximate surface area is 151 Å². The summed E-state index contributed by atoms with van der Waals surface area (Å²) in [5.41, 5.74) is 1.44. The summed E-state index contributed by atoms with van der Waals surface area (Å²) in [6.45, 7) is 3.04. The summed E-state index contributed by atoms with van der Waals surface area (Å²) in [7, 11) is 0. The molecule has 2 aromatic rings. The lowest BCUT2D eigenvalue weighted by atomic mass is 10.1. The van der Waals surface area contributed by atoms with Gasteiger partial charge in [0.05, 0.1) is 31.4 Å². The Bertz CT molecular complexity index is 832. The molecule has 3 rings (SSSR count). The van der Waals surface area contributed by atoms with Crippen LogP contribution < -0.4 is 10.7 Å². The molecule has 1 amide bonds. The Kier molecular flexibility index (Phi) is 6.03. The molecule has 0 spiro atoms. The van der Waals surface area contributed by atoms with Crippen LogP contribution in [0, 0.1) is 6.92 Å². The third kappa shape index (κ3) is 4.12. The molecule has 1 aromatic heterocycles. The van der Waals surface area contributed by atoms with Crippen LogP contribution in [-0.2, 0) is 20.8 Å². The van der Waals surface area contributed by atoms with Crippen molar-refractivity contribution < 1.29 is 19.4 Å². The number of nitrogens with zero attached hydrogens (tertiary/aromatic N) is 1. The maximum atomic E-state index is 12.6. The van der Waals surface area contributed by atoms with Crippen LogP contribution in [0.2, 0.25) is 0 Å². The molecule has 1 aliphatic heterocycles. The van der Waals surface area contributed by atoms with E-state index in [1.807, 2.05) is 29.7 Å². The Morgan fingerprint density at radius 2 is 2.23 bits per heavy atom. The molecule has 26 heavy (non-hydrogen) atoms. The highest BCUT2D eigenvalue weighted by molar-refractivity contribution is 5.82. The fourth-order valence-corrected chi connectivity index (χ4v) is 3.30. The van der Waals surface area contributed by atoms with Crippen molar-refractivity contribution >= 4 is 16.8 Å². The summed E-state index contributed by atoms with van der Waals surface area (Å²) in [6.07, 6.45) is 0.387. The predicted octanol–water partition coefficient (Wildman–Crippen LogP) is 0.593. The molecule has 1 saturated heterocycles. The van der Waals surface area contributed by atoms with Gasteiger partial charge in [-0.15, -0.1) is 0 Å². The first-order chi connectivity index (χ1) is 12.6. The third-order valence-corrected chi connectivity index (χ3v) is 4.60. The molecule has 2 heterocycles. The first kappa shape index (κ1) is 18.6. The average Bonchev–Trinajstić information content (AvgIpc) is 2.64. The SMILES string of the molecule is Cc1cc(=O)c2ccccc2n1CC(=O)N[C@@H]1CCOC[C@H]1OCCO. The van der Waals surface area contributed by atoms with Gasteiger partial charge >= 0.3 is 0 Å². The lowest BCUT2D eigenvalue weighted by Crippen LogP contribution is -2.51. The fraction of sp³-hybridized carbons (Fsp3) is 0.474. The highest BCUT2D eigenvalue weighted by atomic mass is 16.5. The number of fused-ring (bicyclic) bond motifs is 1. The topological polar surface area (TPSA) is 89.8 Å². The van der Waals surface area contributed by atoms with Crippen molar-refractivity contribution in [1.82, 2.24) is 9.88 Å². The van der Waals surface area contributed by atoms with Gasteiger partial charge in [-0.25, -0.2) is 0 Å². The van der Waals surface area contributed by atoms with E-state index in [2.05, 4.69) is 5.32 Å². The molecule has 140 valence electrons. The van der Waals surface area contributed by atoms with E-state index in [9.17, 15) is 9.59 Å². The number of aryl methyl sites for hydroxylation is 1. The van der Waals surface area contributed by atoms with E-state index in [0.29, 0.717) is 25.0 Å². The monoisotopic (exact) mass is 360 g/mol. The molecule has 0 radical (unpaired) electrons. The number of aliphatic hydroxyl groups is 1. The highest BCUT2D eigenvalue weighted by Crippen LogP contribution is 2.14. The van der Waals surface area contributed by atoms with Crippen LogP contribution in [0.3, 0.4) is 0 Å². The number of benzene rings is 1. The van der Waals surface area contributed by atoms with E-state index < -0.39 is 0 Å². The van der Waals surface area contributed by atoms with E-state index >= 15 is 0 Å². The molecule has 2 atom stereocenters. The maximum absolute atomic E-state index is 12.6. The molecule has 1 aliphatic rings. The smallest absolute Gasteiger partial charge is 0.240 e. The fourth-order valence-electron chi connectivity index (χ4n) is 3.30. The van der Waals surface area contributed by atoms with E-state index in [1.165, 1.54) is 0 Å². The summed E-state index contributed by atoms with van der Waals surface area (Å²) < 4.78 is 12.8. The van der Waals surface area contributed by atoms with E-state index in [0.717, 1.165) is 11.2 Å². The zero-order chi connectivity index (χ0) is 18.5. The standard InChI is InChI=1S/C19H24N2O5/c1-13-10-17(23)14-4-2-3-5-16(14)21(13)11-19(24)20-15-6-8-25-12-18(15)26-9-7-22/h2-5,10,15,18,22H,6-9,11-12H2,1H3,(H,20,24)/t15-,18-/m1/s1. The Morgan fingerprint density at radius 3 is 3.04 bits per heavy atom. The molecular weight excluding hydrogens is 336 g/mol. The number of ether oxygens (including phenoxy) is 2. The summed E-state index contributed by atoms with van der Waals surface area (Å²) in [5, 5.41) is 12.5. The number of hydrogen-bond donors (Lipinski definition) is 2. The molecule has 7 nitrogen and oxygen atoms in total. The van der Waals surface area contributed by atoms with E-state index in [-0.39, 0.29) is 43.2 Å². The summed E-state index contributed by atoms with van der Waals surface area (Å²) >= 11 is 0. The van der Waals surface area contributed by atoms with Gasteiger partial charge in [0, 0.05) is 23.8 Å². The number of amides is 1. The first-order valence-corrected chi connectivity index (χ1v) is 8.79. The molecule has 0 bridgehead atoms. The number of nitrogens with one attached hydrogen (secondary N) is 1. The first-order valence-electron chi connectivity index (χ1n) is 8.79. The number of aliphatic hydroxyl groups excluding tert-OH is 1. The minimum Gasteiger partial charge on any atom is -0.394 e. The number of hydrogen-bond acceptors (Lipinski definition) is 5. The lowest BCUT2D eigenvalue weighted by molar-refractivity contribution is -0.127. The van der Waals surface area contributed by atoms with Gasteiger partial charge in [0.2, 0.25) is 5.91 Å². The molecule has 1 fully saturated rings.